The van der Waals surface area contributed by atoms with Gasteiger partial charge in [0.25, 0.3) is 0 Å². The lowest BCUT2D eigenvalue weighted by atomic mass is 9.95. The van der Waals surface area contributed by atoms with E-state index in [9.17, 15) is 20.1 Å². The van der Waals surface area contributed by atoms with Crippen molar-refractivity contribution in [2.75, 3.05) is 6.61 Å². The first-order valence-corrected chi connectivity index (χ1v) is 4.02. The molecule has 0 aromatic heterocycles. The van der Waals surface area contributed by atoms with Crippen LogP contribution in [0.5, 0.6) is 0 Å². The van der Waals surface area contributed by atoms with Crippen molar-refractivity contribution in [3.8, 4) is 0 Å². The van der Waals surface area contributed by atoms with Crippen LogP contribution in [-0.4, -0.2) is 68.6 Å². The first-order valence-electron chi connectivity index (χ1n) is 4.02. The number of ether oxygens (including phenoxy) is 1. The average Bonchev–Trinajstić information content (AvgIpc) is 2.14. The Morgan fingerprint density at radius 1 is 1.14 bits per heavy atom. The zero-order valence-corrected chi connectivity index (χ0v) is 7.15. The summed E-state index contributed by atoms with van der Waals surface area (Å²) in [5.41, 5.74) is 0. The van der Waals surface area contributed by atoms with Gasteiger partial charge < -0.3 is 30.3 Å². The van der Waals surface area contributed by atoms with Crippen molar-refractivity contribution in [3.05, 3.63) is 0 Å². The first-order chi connectivity index (χ1) is 6.49. The highest BCUT2D eigenvalue weighted by Crippen LogP contribution is 2.20. The number of aliphatic hydroxyl groups excluding tert-OH is 4. The van der Waals surface area contributed by atoms with Crippen LogP contribution in [0.2, 0.25) is 0 Å². The molecule has 0 saturated carbocycles. The fraction of sp³-hybridized carbons (Fsp3) is 0.857. The molecule has 1 unspecified atom stereocenters. The Labute approximate surface area is 79.2 Å². The SMILES string of the molecule is O=C(O)C1O[C@H](CO)[C@H](O)[C@H](O)[C@@H]1O. The molecule has 7 nitrogen and oxygen atoms in total. The van der Waals surface area contributed by atoms with Crippen LogP contribution in [0.4, 0.5) is 0 Å². The van der Waals surface area contributed by atoms with Crippen molar-refractivity contribution < 1.29 is 35.1 Å². The van der Waals surface area contributed by atoms with E-state index < -0.39 is 43.1 Å². The summed E-state index contributed by atoms with van der Waals surface area (Å²) in [6, 6.07) is 0. The molecule has 0 radical (unpaired) electrons. The van der Waals surface area contributed by atoms with Crippen LogP contribution < -0.4 is 0 Å². The van der Waals surface area contributed by atoms with Gasteiger partial charge in [0.1, 0.15) is 24.4 Å². The van der Waals surface area contributed by atoms with E-state index in [1.807, 2.05) is 0 Å². The van der Waals surface area contributed by atoms with Crippen LogP contribution in [0.15, 0.2) is 0 Å². The van der Waals surface area contributed by atoms with Gasteiger partial charge in [-0.15, -0.1) is 0 Å². The van der Waals surface area contributed by atoms with Gasteiger partial charge in [-0.25, -0.2) is 4.79 Å². The van der Waals surface area contributed by atoms with Crippen LogP contribution in [-0.2, 0) is 9.53 Å². The number of carbonyl (C=O) groups is 1. The summed E-state index contributed by atoms with van der Waals surface area (Å²) in [6.45, 7) is -0.630. The van der Waals surface area contributed by atoms with E-state index >= 15 is 0 Å². The lowest BCUT2D eigenvalue weighted by Crippen LogP contribution is -2.60. The zero-order chi connectivity index (χ0) is 10.9. The number of carboxylic acids is 1. The second-order valence-electron chi connectivity index (χ2n) is 3.09. The summed E-state index contributed by atoms with van der Waals surface area (Å²) in [5.74, 6) is -1.46. The van der Waals surface area contributed by atoms with Crippen molar-refractivity contribution in [1.29, 1.82) is 0 Å². The van der Waals surface area contributed by atoms with Crippen LogP contribution >= 0.6 is 0 Å². The lowest BCUT2D eigenvalue weighted by molar-refractivity contribution is -0.233. The number of rotatable bonds is 2. The van der Waals surface area contributed by atoms with E-state index in [1.165, 1.54) is 0 Å². The molecule has 0 aromatic rings. The van der Waals surface area contributed by atoms with Crippen molar-refractivity contribution in [1.82, 2.24) is 0 Å². The van der Waals surface area contributed by atoms with Crippen molar-refractivity contribution in [2.45, 2.75) is 30.5 Å². The minimum atomic E-state index is -1.70. The molecular weight excluding hydrogens is 196 g/mol. The highest BCUT2D eigenvalue weighted by atomic mass is 16.6. The van der Waals surface area contributed by atoms with E-state index in [0.717, 1.165) is 0 Å². The fourth-order valence-electron chi connectivity index (χ4n) is 1.31. The summed E-state index contributed by atoms with van der Waals surface area (Å²) in [6.07, 6.45) is -7.67. The van der Waals surface area contributed by atoms with Gasteiger partial charge in [-0.2, -0.15) is 0 Å². The van der Waals surface area contributed by atoms with Crippen LogP contribution in [0.25, 0.3) is 0 Å². The molecule has 1 aliphatic heterocycles. The molecule has 5 atom stereocenters. The highest BCUT2D eigenvalue weighted by Gasteiger charge is 2.46. The summed E-state index contributed by atoms with van der Waals surface area (Å²) < 4.78 is 4.68. The monoisotopic (exact) mass is 208 g/mol. The Bertz CT molecular complexity index is 216. The smallest absolute Gasteiger partial charge is 0.335 e. The molecule has 1 fully saturated rings. The summed E-state index contributed by atoms with van der Waals surface area (Å²) >= 11 is 0. The molecule has 1 aliphatic rings. The minimum Gasteiger partial charge on any atom is -0.479 e. The molecule has 82 valence electrons. The minimum absolute atomic E-state index is 0.630. The van der Waals surface area contributed by atoms with E-state index in [-0.39, 0.29) is 0 Å². The topological polar surface area (TPSA) is 127 Å². The molecule has 7 heteroatoms. The molecule has 1 rings (SSSR count). The Balaban J connectivity index is 2.78. The molecule has 14 heavy (non-hydrogen) atoms. The van der Waals surface area contributed by atoms with E-state index in [2.05, 4.69) is 4.74 Å². The van der Waals surface area contributed by atoms with Crippen LogP contribution in [0, 0.1) is 0 Å². The number of carboxylic acid groups (broad SMARTS) is 1. The van der Waals surface area contributed by atoms with Gasteiger partial charge in [-0.3, -0.25) is 0 Å². The van der Waals surface area contributed by atoms with Gasteiger partial charge in [0.2, 0.25) is 0 Å². The maximum atomic E-state index is 10.5. The lowest BCUT2D eigenvalue weighted by Gasteiger charge is -2.38. The number of aliphatic carboxylic acids is 1. The first kappa shape index (κ1) is 11.3. The maximum absolute atomic E-state index is 10.5. The summed E-state index contributed by atoms with van der Waals surface area (Å²) in [4.78, 5) is 10.5. The molecule has 0 spiro atoms. The quantitative estimate of drug-likeness (QED) is 0.325. The third-order valence-corrected chi connectivity index (χ3v) is 2.14. The zero-order valence-electron chi connectivity index (χ0n) is 7.15. The van der Waals surface area contributed by atoms with Crippen molar-refractivity contribution >= 4 is 5.97 Å². The van der Waals surface area contributed by atoms with E-state index in [0.29, 0.717) is 0 Å². The fourth-order valence-corrected chi connectivity index (χ4v) is 1.31. The van der Waals surface area contributed by atoms with Crippen LogP contribution in [0.1, 0.15) is 0 Å². The maximum Gasteiger partial charge on any atom is 0.335 e. The van der Waals surface area contributed by atoms with Gasteiger partial charge >= 0.3 is 5.97 Å². The standard InChI is InChI=1S/C7H12O7/c8-1-2-3(9)4(10)5(11)6(14-2)7(12)13/h2-6,8-11H,1H2,(H,12,13)/t2-,3+,4+,5+,6?/m1/s1. The predicted molar refractivity (Wildman–Crippen MR) is 41.4 cm³/mol. The largest absolute Gasteiger partial charge is 0.479 e. The second kappa shape index (κ2) is 4.20. The number of aliphatic hydroxyl groups is 4. The molecule has 0 aliphatic carbocycles. The Hall–Kier alpha value is -0.730. The Morgan fingerprint density at radius 3 is 2.14 bits per heavy atom. The third kappa shape index (κ3) is 1.86. The van der Waals surface area contributed by atoms with E-state index in [1.54, 1.807) is 0 Å². The molecule has 1 saturated heterocycles. The molecular formula is C7H12O7. The Morgan fingerprint density at radius 2 is 1.71 bits per heavy atom. The van der Waals surface area contributed by atoms with Crippen molar-refractivity contribution in [2.24, 2.45) is 0 Å². The normalized spacial score (nSPS) is 43.6. The number of hydrogen-bond acceptors (Lipinski definition) is 6. The van der Waals surface area contributed by atoms with Crippen molar-refractivity contribution in [3.63, 3.8) is 0 Å². The summed E-state index contributed by atoms with van der Waals surface area (Å²) in [5, 5.41) is 44.9. The molecule has 1 heterocycles. The highest BCUT2D eigenvalue weighted by molar-refractivity contribution is 5.73. The van der Waals surface area contributed by atoms with Gasteiger partial charge in [-0.05, 0) is 0 Å². The molecule has 0 aromatic carbocycles. The molecule has 0 bridgehead atoms. The molecule has 0 amide bonds. The number of hydrogen-bond donors (Lipinski definition) is 5. The van der Waals surface area contributed by atoms with Gasteiger partial charge in [0.05, 0.1) is 6.61 Å². The van der Waals surface area contributed by atoms with Gasteiger partial charge in [0, 0.05) is 0 Å². The Kier molecular flexibility index (Phi) is 3.40. The third-order valence-electron chi connectivity index (χ3n) is 2.14. The predicted octanol–water partition coefficient (Wildman–Crippen LogP) is -3.09. The van der Waals surface area contributed by atoms with Gasteiger partial charge in [-0.1, -0.05) is 0 Å². The second-order valence-corrected chi connectivity index (χ2v) is 3.09. The molecule has 5 N–H and O–H groups in total. The van der Waals surface area contributed by atoms with Gasteiger partial charge in [0.15, 0.2) is 6.10 Å². The van der Waals surface area contributed by atoms with Crippen LogP contribution in [0.3, 0.4) is 0 Å². The summed E-state index contributed by atoms with van der Waals surface area (Å²) in [7, 11) is 0. The average molecular weight is 208 g/mol. The van der Waals surface area contributed by atoms with E-state index in [4.69, 9.17) is 10.2 Å².